The second-order valence-electron chi connectivity index (χ2n) is 1.77. The second kappa shape index (κ2) is 7.80. The quantitative estimate of drug-likeness (QED) is 0.532. The lowest BCUT2D eigenvalue weighted by atomic mass is 10.4. The predicted molar refractivity (Wildman–Crippen MR) is 40.5 cm³/mol. The molecular weight excluding hydrogens is 166 g/mol. The zero-order valence-electron chi connectivity index (χ0n) is 6.98. The van der Waals surface area contributed by atoms with Gasteiger partial charge in [0.1, 0.15) is 6.10 Å². The molecule has 0 bridgehead atoms. The largest absolute Gasteiger partial charge is 0.479 e. The maximum absolute atomic E-state index is 9.60. The van der Waals surface area contributed by atoms with Crippen LogP contribution in [0.1, 0.15) is 13.8 Å². The van der Waals surface area contributed by atoms with Crippen molar-refractivity contribution in [1.82, 2.24) is 0 Å². The van der Waals surface area contributed by atoms with Crippen LogP contribution in [-0.2, 0) is 9.53 Å². The molecule has 72 valence electrons. The Hall–Kier alpha value is -1.30. The predicted octanol–water partition coefficient (Wildman–Crippen LogP) is -0.447. The molecule has 6 nitrogen and oxygen atoms in total. The first kappa shape index (κ1) is 13.3. The fourth-order valence-corrected chi connectivity index (χ4v) is 0.142. The van der Waals surface area contributed by atoms with E-state index >= 15 is 0 Å². The van der Waals surface area contributed by atoms with E-state index in [0.717, 1.165) is 0 Å². The van der Waals surface area contributed by atoms with Gasteiger partial charge in [-0.2, -0.15) is 0 Å². The third kappa shape index (κ3) is 15.9. The number of carbonyl (C=O) groups is 2. The highest BCUT2D eigenvalue weighted by Gasteiger charge is 2.01. The summed E-state index contributed by atoms with van der Waals surface area (Å²) >= 11 is 0. The molecule has 6 heteroatoms. The van der Waals surface area contributed by atoms with Gasteiger partial charge in [0.15, 0.2) is 0 Å². The van der Waals surface area contributed by atoms with Crippen molar-refractivity contribution in [2.75, 3.05) is 6.61 Å². The number of hydrogen-bond acceptors (Lipinski definition) is 4. The number of carboxylic acid groups (broad SMARTS) is 1. The molecule has 0 aliphatic rings. The van der Waals surface area contributed by atoms with Gasteiger partial charge in [-0.3, -0.25) is 0 Å². The summed E-state index contributed by atoms with van der Waals surface area (Å²) in [6, 6.07) is 0. The number of nitrogens with two attached hydrogens (primary N) is 1. The van der Waals surface area contributed by atoms with Gasteiger partial charge in [0, 0.05) is 0 Å². The van der Waals surface area contributed by atoms with Gasteiger partial charge >= 0.3 is 12.1 Å². The highest BCUT2D eigenvalue weighted by atomic mass is 16.5. The minimum atomic E-state index is -1.23. The molecule has 12 heavy (non-hydrogen) atoms. The zero-order chi connectivity index (χ0) is 10.1. The Kier molecular flexibility index (Phi) is 8.65. The summed E-state index contributed by atoms with van der Waals surface area (Å²) in [5, 5.41) is 15.8. The number of hydrogen-bond donors (Lipinski definition) is 3. The van der Waals surface area contributed by atoms with Crippen molar-refractivity contribution in [2.24, 2.45) is 5.73 Å². The highest BCUT2D eigenvalue weighted by Crippen LogP contribution is 1.73. The van der Waals surface area contributed by atoms with Crippen LogP contribution in [0.5, 0.6) is 0 Å². The lowest BCUT2D eigenvalue weighted by Gasteiger charge is -1.89. The van der Waals surface area contributed by atoms with E-state index in [9.17, 15) is 9.59 Å². The van der Waals surface area contributed by atoms with Crippen LogP contribution in [0.2, 0.25) is 0 Å². The van der Waals surface area contributed by atoms with Crippen molar-refractivity contribution in [3.05, 3.63) is 0 Å². The van der Waals surface area contributed by atoms with Gasteiger partial charge in [0.05, 0.1) is 6.61 Å². The minimum Gasteiger partial charge on any atom is -0.479 e. The van der Waals surface area contributed by atoms with Crippen LogP contribution in [-0.4, -0.2) is 35.0 Å². The van der Waals surface area contributed by atoms with E-state index in [2.05, 4.69) is 10.5 Å². The summed E-state index contributed by atoms with van der Waals surface area (Å²) in [5.41, 5.74) is 4.54. The van der Waals surface area contributed by atoms with E-state index in [-0.39, 0.29) is 0 Å². The van der Waals surface area contributed by atoms with E-state index in [1.54, 1.807) is 6.92 Å². The molecule has 0 radical (unpaired) electrons. The zero-order valence-corrected chi connectivity index (χ0v) is 6.98. The highest BCUT2D eigenvalue weighted by molar-refractivity contribution is 5.71. The summed E-state index contributed by atoms with van der Waals surface area (Å²) in [5.74, 6) is -1.19. The third-order valence-corrected chi connectivity index (χ3v) is 0.644. The number of amides is 1. The van der Waals surface area contributed by atoms with Crippen molar-refractivity contribution in [2.45, 2.75) is 20.0 Å². The maximum atomic E-state index is 9.60. The van der Waals surface area contributed by atoms with Gasteiger partial charge < -0.3 is 20.7 Å². The Bertz CT molecular complexity index is 145. The number of rotatable bonds is 2. The number of primary amides is 1. The van der Waals surface area contributed by atoms with E-state index in [1.807, 2.05) is 0 Å². The summed E-state index contributed by atoms with van der Waals surface area (Å²) < 4.78 is 4.18. The molecule has 0 saturated carbocycles. The van der Waals surface area contributed by atoms with E-state index in [4.69, 9.17) is 10.2 Å². The molecule has 0 unspecified atom stereocenters. The summed E-state index contributed by atoms with van der Waals surface area (Å²) in [6.45, 7) is 3.25. The van der Waals surface area contributed by atoms with Gasteiger partial charge in [-0.15, -0.1) is 0 Å². The molecule has 0 aliphatic carbocycles. The van der Waals surface area contributed by atoms with Crippen LogP contribution < -0.4 is 5.73 Å². The molecule has 0 heterocycles. The van der Waals surface area contributed by atoms with Gasteiger partial charge in [-0.25, -0.2) is 9.59 Å². The lowest BCUT2D eigenvalue weighted by Crippen LogP contribution is -2.13. The number of ether oxygens (including phenoxy) is 1. The molecule has 0 spiro atoms. The standard InChI is InChI=1S/C3H7NO2.C3H6O3/c1-2-6-3(4)5;1-2(4)3(5)6/h2H2,1H3,(H2,4,5);2,4H,1H3,(H,5,6)/t;2-/m.0/s1. The molecule has 0 aliphatic heterocycles. The molecule has 4 N–H and O–H groups in total. The molecule has 0 fully saturated rings. The van der Waals surface area contributed by atoms with Crippen LogP contribution in [0.25, 0.3) is 0 Å². The Labute approximate surface area is 69.9 Å². The minimum absolute atomic E-state index is 0.356. The van der Waals surface area contributed by atoms with E-state index in [0.29, 0.717) is 6.61 Å². The number of aliphatic hydroxyl groups excluding tert-OH is 1. The van der Waals surface area contributed by atoms with Crippen molar-refractivity contribution < 1.29 is 24.5 Å². The molecule has 0 rings (SSSR count). The average molecular weight is 179 g/mol. The van der Waals surface area contributed by atoms with Gasteiger partial charge in [-0.1, -0.05) is 0 Å². The Morgan fingerprint density at radius 3 is 1.92 bits per heavy atom. The van der Waals surface area contributed by atoms with Crippen LogP contribution in [0.4, 0.5) is 4.79 Å². The van der Waals surface area contributed by atoms with Crippen LogP contribution in [0, 0.1) is 0 Å². The normalized spacial score (nSPS) is 10.6. The Balaban J connectivity index is 0. The van der Waals surface area contributed by atoms with Gasteiger partial charge in [0.25, 0.3) is 0 Å². The lowest BCUT2D eigenvalue weighted by molar-refractivity contribution is -0.145. The smallest absolute Gasteiger partial charge is 0.404 e. The maximum Gasteiger partial charge on any atom is 0.404 e. The number of carboxylic acids is 1. The average Bonchev–Trinajstić information content (AvgIpc) is 1.87. The molecule has 1 atom stereocenters. The first-order valence-electron chi connectivity index (χ1n) is 3.24. The molecule has 0 aromatic carbocycles. The van der Waals surface area contributed by atoms with Crippen LogP contribution >= 0.6 is 0 Å². The second-order valence-corrected chi connectivity index (χ2v) is 1.77. The fourth-order valence-electron chi connectivity index (χ4n) is 0.142. The first-order valence-corrected chi connectivity index (χ1v) is 3.24. The monoisotopic (exact) mass is 179 g/mol. The van der Waals surface area contributed by atoms with Crippen LogP contribution in [0.15, 0.2) is 0 Å². The number of carbonyl (C=O) groups excluding carboxylic acids is 1. The van der Waals surface area contributed by atoms with Gasteiger partial charge in [0.2, 0.25) is 0 Å². The molecular formula is C6H13NO5. The SMILES string of the molecule is CCOC(N)=O.C[C@H](O)C(=O)O. The molecule has 0 aromatic heterocycles. The fraction of sp³-hybridized carbons (Fsp3) is 0.667. The molecule has 0 aromatic rings. The number of aliphatic carboxylic acids is 1. The summed E-state index contributed by atoms with van der Waals surface area (Å²) in [6.07, 6.45) is -1.94. The van der Waals surface area contributed by atoms with Gasteiger partial charge in [-0.05, 0) is 13.8 Å². The Morgan fingerprint density at radius 2 is 1.92 bits per heavy atom. The number of aliphatic hydroxyl groups is 1. The van der Waals surface area contributed by atoms with E-state index in [1.165, 1.54) is 6.92 Å². The molecule has 1 amide bonds. The van der Waals surface area contributed by atoms with Crippen molar-refractivity contribution in [3.63, 3.8) is 0 Å². The third-order valence-electron chi connectivity index (χ3n) is 0.644. The van der Waals surface area contributed by atoms with E-state index < -0.39 is 18.2 Å². The summed E-state index contributed by atoms with van der Waals surface area (Å²) in [7, 11) is 0. The van der Waals surface area contributed by atoms with Crippen LogP contribution in [0.3, 0.4) is 0 Å². The van der Waals surface area contributed by atoms with Crippen molar-refractivity contribution in [1.29, 1.82) is 0 Å². The topological polar surface area (TPSA) is 110 Å². The van der Waals surface area contributed by atoms with Crippen molar-refractivity contribution >= 4 is 12.1 Å². The molecule has 0 saturated heterocycles. The first-order chi connectivity index (χ1) is 5.41. The van der Waals surface area contributed by atoms with Crippen molar-refractivity contribution in [3.8, 4) is 0 Å². The Morgan fingerprint density at radius 1 is 1.58 bits per heavy atom. The summed E-state index contributed by atoms with van der Waals surface area (Å²) in [4.78, 5) is 19.0.